The van der Waals surface area contributed by atoms with Crippen molar-refractivity contribution in [3.8, 4) is 11.3 Å². The highest BCUT2D eigenvalue weighted by Gasteiger charge is 2.36. The number of anilines is 3. The second-order valence-electron chi connectivity index (χ2n) is 8.49. The summed E-state index contributed by atoms with van der Waals surface area (Å²) in [7, 11) is 0. The van der Waals surface area contributed by atoms with E-state index in [2.05, 4.69) is 9.97 Å². The molecule has 3 aromatic rings. The second-order valence-corrected chi connectivity index (χ2v) is 8.49. The normalized spacial score (nSPS) is 17.0. The van der Waals surface area contributed by atoms with Crippen LogP contribution in [0.4, 0.5) is 39.5 Å². The van der Waals surface area contributed by atoms with Gasteiger partial charge >= 0.3 is 6.18 Å². The number of morpholine rings is 1. The zero-order chi connectivity index (χ0) is 25.3. The molecule has 0 spiro atoms. The highest BCUT2D eigenvalue weighted by molar-refractivity contribution is 5.65. The first-order valence-electron chi connectivity index (χ1n) is 11.5. The summed E-state index contributed by atoms with van der Waals surface area (Å²) in [6.45, 7) is 3.57. The molecule has 36 heavy (non-hydrogen) atoms. The average molecular weight is 506 g/mol. The van der Waals surface area contributed by atoms with Gasteiger partial charge in [-0.1, -0.05) is 0 Å². The van der Waals surface area contributed by atoms with Gasteiger partial charge in [-0.25, -0.2) is 18.7 Å². The molecule has 0 bridgehead atoms. The van der Waals surface area contributed by atoms with Gasteiger partial charge in [0.1, 0.15) is 11.6 Å². The molecule has 2 aliphatic heterocycles. The van der Waals surface area contributed by atoms with Crippen LogP contribution in [0.1, 0.15) is 5.56 Å². The number of hydrogen-bond donors (Lipinski definition) is 0. The summed E-state index contributed by atoms with van der Waals surface area (Å²) in [6.07, 6.45) is -3.16. The van der Waals surface area contributed by atoms with Gasteiger partial charge in [-0.2, -0.15) is 18.2 Å². The minimum Gasteiger partial charge on any atom is -0.378 e. The van der Waals surface area contributed by atoms with Gasteiger partial charge in [-0.05, 0) is 30.3 Å². The summed E-state index contributed by atoms with van der Waals surface area (Å²) >= 11 is 0. The van der Waals surface area contributed by atoms with Crippen molar-refractivity contribution in [2.45, 2.75) is 6.18 Å². The third kappa shape index (κ3) is 5.03. The SMILES string of the molecule is Fc1ccc(-c2cc(N3CCOCC3)nc(N3CCN(c4ncccc4C(F)(F)F)CC3)n2)cc1F. The summed E-state index contributed by atoms with van der Waals surface area (Å²) in [4.78, 5) is 18.8. The lowest BCUT2D eigenvalue weighted by Gasteiger charge is -2.37. The molecule has 2 aromatic heterocycles. The van der Waals surface area contributed by atoms with Crippen molar-refractivity contribution in [1.29, 1.82) is 0 Å². The maximum Gasteiger partial charge on any atom is 0.419 e. The van der Waals surface area contributed by atoms with Crippen LogP contribution in [-0.4, -0.2) is 67.4 Å². The van der Waals surface area contributed by atoms with E-state index < -0.39 is 23.4 Å². The largest absolute Gasteiger partial charge is 0.419 e. The van der Waals surface area contributed by atoms with E-state index in [-0.39, 0.29) is 18.9 Å². The fourth-order valence-corrected chi connectivity index (χ4v) is 4.31. The Kier molecular flexibility index (Phi) is 6.61. The smallest absolute Gasteiger partial charge is 0.378 e. The second kappa shape index (κ2) is 9.84. The van der Waals surface area contributed by atoms with Crippen molar-refractivity contribution in [2.24, 2.45) is 0 Å². The van der Waals surface area contributed by atoms with Crippen LogP contribution in [0.5, 0.6) is 0 Å². The summed E-state index contributed by atoms with van der Waals surface area (Å²) in [6, 6.07) is 7.60. The number of ether oxygens (including phenoxy) is 1. The van der Waals surface area contributed by atoms with Gasteiger partial charge in [0.15, 0.2) is 11.6 Å². The van der Waals surface area contributed by atoms with Gasteiger partial charge in [0.2, 0.25) is 5.95 Å². The Morgan fingerprint density at radius 3 is 2.19 bits per heavy atom. The molecule has 1 aromatic carbocycles. The highest BCUT2D eigenvalue weighted by atomic mass is 19.4. The number of piperazine rings is 1. The van der Waals surface area contributed by atoms with Crippen molar-refractivity contribution in [3.63, 3.8) is 0 Å². The molecule has 4 heterocycles. The Bertz CT molecular complexity index is 1230. The average Bonchev–Trinajstić information content (AvgIpc) is 2.90. The van der Waals surface area contributed by atoms with Crippen molar-refractivity contribution < 1.29 is 26.7 Å². The van der Waals surface area contributed by atoms with Crippen LogP contribution in [-0.2, 0) is 10.9 Å². The van der Waals surface area contributed by atoms with Crippen LogP contribution >= 0.6 is 0 Å². The zero-order valence-corrected chi connectivity index (χ0v) is 19.2. The molecule has 5 rings (SSSR count). The highest BCUT2D eigenvalue weighted by Crippen LogP contribution is 2.35. The van der Waals surface area contributed by atoms with Gasteiger partial charge in [0, 0.05) is 57.1 Å². The van der Waals surface area contributed by atoms with Gasteiger partial charge in [0.05, 0.1) is 24.5 Å². The molecule has 7 nitrogen and oxygen atoms in total. The lowest BCUT2D eigenvalue weighted by atomic mass is 10.1. The van der Waals surface area contributed by atoms with Gasteiger partial charge in [-0.15, -0.1) is 0 Å². The van der Waals surface area contributed by atoms with Crippen LogP contribution in [0.3, 0.4) is 0 Å². The van der Waals surface area contributed by atoms with Crippen molar-refractivity contribution in [1.82, 2.24) is 15.0 Å². The third-order valence-corrected chi connectivity index (χ3v) is 6.21. The minimum atomic E-state index is -4.50. The number of alkyl halides is 3. The molecular weight excluding hydrogens is 483 g/mol. The predicted molar refractivity (Wildman–Crippen MR) is 124 cm³/mol. The molecule has 0 N–H and O–H groups in total. The predicted octanol–water partition coefficient (Wildman–Crippen LogP) is 4.00. The Balaban J connectivity index is 1.43. The van der Waals surface area contributed by atoms with Crippen molar-refractivity contribution in [3.05, 3.63) is 59.8 Å². The van der Waals surface area contributed by atoms with Crippen LogP contribution in [0.15, 0.2) is 42.6 Å². The van der Waals surface area contributed by atoms with E-state index in [1.54, 1.807) is 11.0 Å². The molecule has 0 radical (unpaired) electrons. The Morgan fingerprint density at radius 2 is 1.50 bits per heavy atom. The Hall–Kier alpha value is -3.54. The molecule has 0 atom stereocenters. The van der Waals surface area contributed by atoms with E-state index in [1.807, 2.05) is 9.80 Å². The van der Waals surface area contributed by atoms with E-state index in [4.69, 9.17) is 9.72 Å². The number of rotatable bonds is 4. The first-order chi connectivity index (χ1) is 17.3. The molecule has 0 aliphatic carbocycles. The lowest BCUT2D eigenvalue weighted by Crippen LogP contribution is -2.48. The number of pyridine rings is 1. The quantitative estimate of drug-likeness (QED) is 0.496. The van der Waals surface area contributed by atoms with Crippen LogP contribution < -0.4 is 14.7 Å². The van der Waals surface area contributed by atoms with Crippen LogP contribution in [0, 0.1) is 11.6 Å². The molecule has 2 saturated heterocycles. The van der Waals surface area contributed by atoms with Crippen LogP contribution in [0.2, 0.25) is 0 Å². The summed E-state index contributed by atoms with van der Waals surface area (Å²) < 4.78 is 73.3. The minimum absolute atomic E-state index is 0.102. The fraction of sp³-hybridized carbons (Fsp3) is 0.375. The molecule has 2 aliphatic rings. The van der Waals surface area contributed by atoms with Gasteiger partial charge < -0.3 is 19.4 Å². The van der Waals surface area contributed by atoms with Gasteiger partial charge in [-0.3, -0.25) is 0 Å². The summed E-state index contributed by atoms with van der Waals surface area (Å²) in [5, 5.41) is 0. The van der Waals surface area contributed by atoms with E-state index in [0.717, 1.165) is 18.2 Å². The first-order valence-corrected chi connectivity index (χ1v) is 11.5. The van der Waals surface area contributed by atoms with Crippen LogP contribution in [0.25, 0.3) is 11.3 Å². The molecule has 12 heteroatoms. The molecule has 0 saturated carbocycles. The Labute approximate surface area is 204 Å². The van der Waals surface area contributed by atoms with Gasteiger partial charge in [0.25, 0.3) is 0 Å². The first kappa shape index (κ1) is 24.2. The molecule has 2 fully saturated rings. The molecule has 0 unspecified atom stereocenters. The Morgan fingerprint density at radius 1 is 0.778 bits per heavy atom. The zero-order valence-electron chi connectivity index (χ0n) is 19.2. The topological polar surface area (TPSA) is 57.6 Å². The number of nitrogens with zero attached hydrogens (tertiary/aromatic N) is 6. The summed E-state index contributed by atoms with van der Waals surface area (Å²) in [5.74, 6) is -1.05. The number of hydrogen-bond acceptors (Lipinski definition) is 7. The maximum atomic E-state index is 13.9. The monoisotopic (exact) mass is 506 g/mol. The maximum absolute atomic E-state index is 13.9. The molecular formula is C24H23F5N6O. The number of halogens is 5. The lowest BCUT2D eigenvalue weighted by molar-refractivity contribution is -0.137. The van der Waals surface area contributed by atoms with Crippen molar-refractivity contribution >= 4 is 17.6 Å². The van der Waals surface area contributed by atoms with E-state index >= 15 is 0 Å². The summed E-state index contributed by atoms with van der Waals surface area (Å²) in [5.41, 5.74) is 0.0468. The molecule has 190 valence electrons. The van der Waals surface area contributed by atoms with E-state index in [1.165, 1.54) is 18.3 Å². The van der Waals surface area contributed by atoms with E-state index in [0.29, 0.717) is 62.4 Å². The van der Waals surface area contributed by atoms with Crippen molar-refractivity contribution in [2.75, 3.05) is 67.2 Å². The molecule has 0 amide bonds. The standard InChI is InChI=1S/C24H23F5N6O/c25-18-4-3-16(14-19(18)26)20-15-21(33-10-12-36-13-11-33)32-23(31-20)35-8-6-34(7-9-35)22-17(24(27,28)29)2-1-5-30-22/h1-5,14-15H,6-13H2. The number of benzene rings is 1. The fourth-order valence-electron chi connectivity index (χ4n) is 4.31. The van der Waals surface area contributed by atoms with E-state index in [9.17, 15) is 22.0 Å². The third-order valence-electron chi connectivity index (χ3n) is 6.21. The number of aromatic nitrogens is 3.